The molecule has 0 radical (unpaired) electrons. The van der Waals surface area contributed by atoms with Crippen LogP contribution in [0.2, 0.25) is 0 Å². The Hall–Kier alpha value is -1.85. The van der Waals surface area contributed by atoms with E-state index in [1.807, 2.05) is 0 Å². The number of halogens is 3. The Morgan fingerprint density at radius 3 is 2.50 bits per heavy atom. The highest BCUT2D eigenvalue weighted by molar-refractivity contribution is 5.98. The Bertz CT molecular complexity index is 438. The molecule has 0 heterocycles. The van der Waals surface area contributed by atoms with Crippen molar-refractivity contribution in [1.29, 1.82) is 0 Å². The molecule has 1 aromatic carbocycles. The third-order valence-electron chi connectivity index (χ3n) is 1.88. The minimum absolute atomic E-state index is 0.142. The molecule has 6 heteroatoms. The molecular formula is C10H8F3NO2. The van der Waals surface area contributed by atoms with Crippen molar-refractivity contribution in [1.82, 2.24) is 0 Å². The van der Waals surface area contributed by atoms with Crippen molar-refractivity contribution >= 4 is 12.2 Å². The molecule has 0 aliphatic heterocycles. The highest BCUT2D eigenvalue weighted by Gasteiger charge is 2.31. The van der Waals surface area contributed by atoms with Crippen molar-refractivity contribution in [3.8, 4) is 0 Å². The first-order valence-corrected chi connectivity index (χ1v) is 4.23. The predicted molar refractivity (Wildman–Crippen MR) is 51.9 cm³/mol. The molecule has 0 spiro atoms. The minimum Gasteiger partial charge on any atom is -0.478 e. The van der Waals surface area contributed by atoms with Gasteiger partial charge >= 0.3 is 12.1 Å². The molecule has 0 bridgehead atoms. The van der Waals surface area contributed by atoms with E-state index in [1.165, 1.54) is 13.3 Å². The smallest absolute Gasteiger partial charge is 0.416 e. The van der Waals surface area contributed by atoms with Crippen molar-refractivity contribution < 1.29 is 23.1 Å². The average Bonchev–Trinajstić information content (AvgIpc) is 2.16. The van der Waals surface area contributed by atoms with Gasteiger partial charge in [-0.05, 0) is 12.1 Å². The van der Waals surface area contributed by atoms with Crippen LogP contribution >= 0.6 is 0 Å². The zero-order chi connectivity index (χ0) is 12.3. The van der Waals surface area contributed by atoms with E-state index < -0.39 is 23.3 Å². The molecule has 1 N–H and O–H groups in total. The molecule has 0 aromatic heterocycles. The molecule has 1 rings (SSSR count). The van der Waals surface area contributed by atoms with Crippen LogP contribution in [0.4, 0.5) is 13.2 Å². The molecule has 86 valence electrons. The minimum atomic E-state index is -4.55. The fourth-order valence-electron chi connectivity index (χ4n) is 1.17. The van der Waals surface area contributed by atoms with Gasteiger partial charge in [-0.25, -0.2) is 4.79 Å². The van der Waals surface area contributed by atoms with Gasteiger partial charge in [-0.2, -0.15) is 13.2 Å². The Morgan fingerprint density at radius 2 is 2.06 bits per heavy atom. The number of carboxylic acid groups (broad SMARTS) is 1. The van der Waals surface area contributed by atoms with E-state index in [4.69, 9.17) is 5.11 Å². The number of rotatable bonds is 2. The molecule has 0 saturated carbocycles. The molecular weight excluding hydrogens is 223 g/mol. The summed E-state index contributed by atoms with van der Waals surface area (Å²) in [5.41, 5.74) is -1.26. The summed E-state index contributed by atoms with van der Waals surface area (Å²) in [4.78, 5) is 14.3. The van der Waals surface area contributed by atoms with E-state index >= 15 is 0 Å². The van der Waals surface area contributed by atoms with Crippen LogP contribution in [-0.4, -0.2) is 24.3 Å². The Morgan fingerprint density at radius 1 is 1.44 bits per heavy atom. The molecule has 0 aliphatic carbocycles. The molecule has 0 atom stereocenters. The molecule has 0 fully saturated rings. The second-order valence-corrected chi connectivity index (χ2v) is 2.99. The van der Waals surface area contributed by atoms with Gasteiger partial charge in [0.1, 0.15) is 0 Å². The van der Waals surface area contributed by atoms with Crippen LogP contribution in [0.1, 0.15) is 21.5 Å². The lowest BCUT2D eigenvalue weighted by Gasteiger charge is -2.08. The zero-order valence-electron chi connectivity index (χ0n) is 8.25. The number of hydrogen-bond acceptors (Lipinski definition) is 2. The predicted octanol–water partition coefficient (Wildman–Crippen LogP) is 2.45. The van der Waals surface area contributed by atoms with Crippen LogP contribution in [0.5, 0.6) is 0 Å². The van der Waals surface area contributed by atoms with Gasteiger partial charge in [0.05, 0.1) is 11.1 Å². The second-order valence-electron chi connectivity index (χ2n) is 2.99. The van der Waals surface area contributed by atoms with Crippen molar-refractivity contribution in [2.45, 2.75) is 6.18 Å². The topological polar surface area (TPSA) is 49.7 Å². The van der Waals surface area contributed by atoms with E-state index in [9.17, 15) is 18.0 Å². The maximum Gasteiger partial charge on any atom is 0.416 e. The number of aliphatic imine (C=N–C) groups is 1. The summed E-state index contributed by atoms with van der Waals surface area (Å²) < 4.78 is 37.0. The van der Waals surface area contributed by atoms with Crippen LogP contribution in [0.15, 0.2) is 23.2 Å². The fraction of sp³-hybridized carbons (Fsp3) is 0.200. The summed E-state index contributed by atoms with van der Waals surface area (Å²) in [6, 6.07) is 2.50. The lowest BCUT2D eigenvalue weighted by Crippen LogP contribution is -2.09. The first-order chi connectivity index (χ1) is 7.36. The van der Waals surface area contributed by atoms with Crippen molar-refractivity contribution in [2.75, 3.05) is 7.05 Å². The Balaban J connectivity index is 3.34. The maximum absolute atomic E-state index is 12.3. The van der Waals surface area contributed by atoms with Crippen LogP contribution in [0.3, 0.4) is 0 Å². The monoisotopic (exact) mass is 231 g/mol. The summed E-state index contributed by atoms with van der Waals surface area (Å²) in [6.45, 7) is 0. The fourth-order valence-corrected chi connectivity index (χ4v) is 1.17. The van der Waals surface area contributed by atoms with Crippen LogP contribution in [0, 0.1) is 0 Å². The van der Waals surface area contributed by atoms with Crippen LogP contribution < -0.4 is 0 Å². The van der Waals surface area contributed by atoms with Gasteiger partial charge in [-0.15, -0.1) is 0 Å². The number of aromatic carboxylic acids is 1. The molecule has 1 aromatic rings. The maximum atomic E-state index is 12.3. The summed E-state index contributed by atoms with van der Waals surface area (Å²) in [6.07, 6.45) is -3.35. The molecule has 16 heavy (non-hydrogen) atoms. The van der Waals surface area contributed by atoms with E-state index in [0.29, 0.717) is 6.07 Å². The van der Waals surface area contributed by atoms with Gasteiger partial charge in [0, 0.05) is 18.8 Å². The third kappa shape index (κ3) is 2.59. The second kappa shape index (κ2) is 4.34. The van der Waals surface area contributed by atoms with Gasteiger partial charge in [0.2, 0.25) is 0 Å². The molecule has 0 saturated heterocycles. The largest absolute Gasteiger partial charge is 0.478 e. The van der Waals surface area contributed by atoms with Gasteiger partial charge in [0.25, 0.3) is 0 Å². The molecule has 0 amide bonds. The first kappa shape index (κ1) is 12.2. The number of alkyl halides is 3. The average molecular weight is 231 g/mol. The third-order valence-corrected chi connectivity index (χ3v) is 1.88. The number of hydrogen-bond donors (Lipinski definition) is 1. The number of nitrogens with zero attached hydrogens (tertiary/aromatic N) is 1. The molecule has 0 aliphatic rings. The Kier molecular flexibility index (Phi) is 3.31. The van der Waals surface area contributed by atoms with E-state index in [-0.39, 0.29) is 5.56 Å². The zero-order valence-corrected chi connectivity index (χ0v) is 8.25. The first-order valence-electron chi connectivity index (χ1n) is 4.23. The van der Waals surface area contributed by atoms with Crippen molar-refractivity contribution in [3.63, 3.8) is 0 Å². The lowest BCUT2D eigenvalue weighted by molar-refractivity contribution is -0.137. The van der Waals surface area contributed by atoms with Crippen molar-refractivity contribution in [2.24, 2.45) is 4.99 Å². The SMILES string of the molecule is C/N=C/c1ccc(C(F)(F)F)cc1C(=O)O. The standard InChI is InChI=1S/C10H8F3NO2/c1-14-5-6-2-3-7(10(11,12)13)4-8(6)9(15)16/h2-5H,1H3,(H,15,16)/b14-5+. The van der Waals surface area contributed by atoms with Crippen molar-refractivity contribution in [3.05, 3.63) is 34.9 Å². The lowest BCUT2D eigenvalue weighted by atomic mass is 10.0. The van der Waals surface area contributed by atoms with Crippen LogP contribution in [0.25, 0.3) is 0 Å². The van der Waals surface area contributed by atoms with Gasteiger partial charge < -0.3 is 5.11 Å². The highest BCUT2D eigenvalue weighted by Crippen LogP contribution is 2.30. The summed E-state index contributed by atoms with van der Waals surface area (Å²) in [5, 5.41) is 8.75. The quantitative estimate of drug-likeness (QED) is 0.795. The molecule has 0 unspecified atom stereocenters. The number of carbonyl (C=O) groups is 1. The Labute approximate surface area is 89.2 Å². The summed E-state index contributed by atoms with van der Waals surface area (Å²) in [7, 11) is 1.41. The normalized spacial score (nSPS) is 12.0. The van der Waals surface area contributed by atoms with E-state index in [1.54, 1.807) is 0 Å². The van der Waals surface area contributed by atoms with Gasteiger partial charge in [-0.1, -0.05) is 6.07 Å². The van der Waals surface area contributed by atoms with Gasteiger partial charge in [-0.3, -0.25) is 4.99 Å². The number of benzene rings is 1. The summed E-state index contributed by atoms with van der Waals surface area (Å²) in [5.74, 6) is -1.42. The van der Waals surface area contributed by atoms with E-state index in [0.717, 1.165) is 12.1 Å². The summed E-state index contributed by atoms with van der Waals surface area (Å²) >= 11 is 0. The van der Waals surface area contributed by atoms with Crippen LogP contribution in [-0.2, 0) is 6.18 Å². The number of carboxylic acids is 1. The van der Waals surface area contributed by atoms with Gasteiger partial charge in [0.15, 0.2) is 0 Å². The highest BCUT2D eigenvalue weighted by atomic mass is 19.4. The molecule has 3 nitrogen and oxygen atoms in total. The van der Waals surface area contributed by atoms with E-state index in [2.05, 4.69) is 4.99 Å².